The fourth-order valence-corrected chi connectivity index (χ4v) is 3.03. The van der Waals surface area contributed by atoms with Crippen molar-refractivity contribution in [2.45, 2.75) is 26.2 Å². The van der Waals surface area contributed by atoms with Crippen LogP contribution in [0.4, 0.5) is 0 Å². The summed E-state index contributed by atoms with van der Waals surface area (Å²) in [6.45, 7) is 6.71. The maximum Gasteiger partial charge on any atom is 0.0452 e. The minimum Gasteiger partial charge on any atom is -0.316 e. The topological polar surface area (TPSA) is 12.0 Å². The molecule has 0 saturated heterocycles. The van der Waals surface area contributed by atoms with E-state index >= 15 is 0 Å². The Labute approximate surface area is 117 Å². The molecule has 0 aromatic heterocycles. The molecule has 2 rings (SSSR count). The molecule has 0 radical (unpaired) electrons. The summed E-state index contributed by atoms with van der Waals surface area (Å²) in [7, 11) is 0. The third-order valence-corrected chi connectivity index (χ3v) is 4.06. The first-order chi connectivity index (χ1) is 8.08. The highest BCUT2D eigenvalue weighted by atomic mass is 79.9. The van der Waals surface area contributed by atoms with Gasteiger partial charge in [0.15, 0.2) is 0 Å². The lowest BCUT2D eigenvalue weighted by molar-refractivity contribution is 0.532. The summed E-state index contributed by atoms with van der Waals surface area (Å²) in [4.78, 5) is 0. The molecular formula is C14H19BrClN. The average molecular weight is 317 g/mol. The molecule has 1 saturated carbocycles. The third kappa shape index (κ3) is 3.70. The standard InChI is InChI=1S/C14H19BrClN/c1-9(2)7-17-8-10-5-13(10)12-4-3-11(15)6-14(12)16/h3-4,6,9-10,13,17H,5,7-8H2,1-2H3. The van der Waals surface area contributed by atoms with Gasteiger partial charge in [0.1, 0.15) is 0 Å². The summed E-state index contributed by atoms with van der Waals surface area (Å²) < 4.78 is 1.06. The zero-order chi connectivity index (χ0) is 12.4. The molecule has 2 unspecified atom stereocenters. The van der Waals surface area contributed by atoms with Crippen LogP contribution in [0.2, 0.25) is 5.02 Å². The van der Waals surface area contributed by atoms with Crippen LogP contribution in [0.25, 0.3) is 0 Å². The van der Waals surface area contributed by atoms with Gasteiger partial charge < -0.3 is 5.32 Å². The molecule has 17 heavy (non-hydrogen) atoms. The summed E-state index contributed by atoms with van der Waals surface area (Å²) in [5, 5.41) is 4.42. The molecule has 1 aromatic carbocycles. The normalized spacial score (nSPS) is 23.1. The Morgan fingerprint density at radius 1 is 1.47 bits per heavy atom. The lowest BCUT2D eigenvalue weighted by Crippen LogP contribution is -2.22. The molecule has 0 spiro atoms. The molecule has 2 atom stereocenters. The van der Waals surface area contributed by atoms with E-state index in [0.717, 1.165) is 34.4 Å². The van der Waals surface area contributed by atoms with Gasteiger partial charge in [-0.3, -0.25) is 0 Å². The van der Waals surface area contributed by atoms with Crippen LogP contribution in [0, 0.1) is 11.8 Å². The van der Waals surface area contributed by atoms with Gasteiger partial charge in [0, 0.05) is 9.50 Å². The summed E-state index contributed by atoms with van der Waals surface area (Å²) >= 11 is 9.71. The number of hydrogen-bond acceptors (Lipinski definition) is 1. The number of rotatable bonds is 5. The van der Waals surface area contributed by atoms with Crippen LogP contribution in [0.15, 0.2) is 22.7 Å². The van der Waals surface area contributed by atoms with Crippen LogP contribution in [0.5, 0.6) is 0 Å². The van der Waals surface area contributed by atoms with Gasteiger partial charge in [-0.2, -0.15) is 0 Å². The largest absolute Gasteiger partial charge is 0.316 e. The SMILES string of the molecule is CC(C)CNCC1CC1c1ccc(Br)cc1Cl. The Balaban J connectivity index is 1.85. The molecule has 0 amide bonds. The van der Waals surface area contributed by atoms with Crippen molar-refractivity contribution in [2.24, 2.45) is 11.8 Å². The van der Waals surface area contributed by atoms with E-state index in [9.17, 15) is 0 Å². The number of hydrogen-bond donors (Lipinski definition) is 1. The van der Waals surface area contributed by atoms with Gasteiger partial charge in [-0.05, 0) is 55.0 Å². The maximum atomic E-state index is 6.26. The first kappa shape index (κ1) is 13.4. The van der Waals surface area contributed by atoms with Gasteiger partial charge in [-0.1, -0.05) is 47.4 Å². The maximum absolute atomic E-state index is 6.26. The van der Waals surface area contributed by atoms with Gasteiger partial charge in [0.05, 0.1) is 0 Å². The van der Waals surface area contributed by atoms with Crippen molar-refractivity contribution in [3.8, 4) is 0 Å². The van der Waals surface area contributed by atoms with Gasteiger partial charge >= 0.3 is 0 Å². The van der Waals surface area contributed by atoms with Crippen molar-refractivity contribution in [3.63, 3.8) is 0 Å². The molecule has 0 heterocycles. The predicted octanol–water partition coefficient (Wildman–Crippen LogP) is 4.45. The van der Waals surface area contributed by atoms with Crippen molar-refractivity contribution in [3.05, 3.63) is 33.3 Å². The smallest absolute Gasteiger partial charge is 0.0452 e. The van der Waals surface area contributed by atoms with Crippen LogP contribution in [-0.4, -0.2) is 13.1 Å². The number of benzene rings is 1. The minimum absolute atomic E-state index is 0.662. The van der Waals surface area contributed by atoms with Crippen molar-refractivity contribution in [1.29, 1.82) is 0 Å². The van der Waals surface area contributed by atoms with E-state index in [0.29, 0.717) is 5.92 Å². The Hall–Kier alpha value is -0.0500. The fourth-order valence-electron chi connectivity index (χ4n) is 2.21. The van der Waals surface area contributed by atoms with Gasteiger partial charge in [-0.25, -0.2) is 0 Å². The molecule has 1 aromatic rings. The third-order valence-electron chi connectivity index (χ3n) is 3.24. The van der Waals surface area contributed by atoms with Crippen molar-refractivity contribution in [2.75, 3.05) is 13.1 Å². The monoisotopic (exact) mass is 315 g/mol. The second-order valence-corrected chi connectivity index (χ2v) is 6.64. The molecule has 1 nitrogen and oxygen atoms in total. The molecule has 1 fully saturated rings. The first-order valence-electron chi connectivity index (χ1n) is 6.23. The van der Waals surface area contributed by atoms with E-state index in [4.69, 9.17) is 11.6 Å². The molecule has 1 aliphatic carbocycles. The van der Waals surface area contributed by atoms with E-state index in [1.807, 2.05) is 6.07 Å². The Morgan fingerprint density at radius 2 is 2.24 bits per heavy atom. The number of nitrogens with one attached hydrogen (secondary N) is 1. The second-order valence-electron chi connectivity index (χ2n) is 5.32. The highest BCUT2D eigenvalue weighted by molar-refractivity contribution is 9.10. The highest BCUT2D eigenvalue weighted by Gasteiger charge is 2.38. The molecule has 1 N–H and O–H groups in total. The Morgan fingerprint density at radius 3 is 2.88 bits per heavy atom. The van der Waals surface area contributed by atoms with Crippen LogP contribution in [0.1, 0.15) is 31.7 Å². The predicted molar refractivity (Wildman–Crippen MR) is 77.7 cm³/mol. The van der Waals surface area contributed by atoms with Crippen molar-refractivity contribution < 1.29 is 0 Å². The van der Waals surface area contributed by atoms with Crippen molar-refractivity contribution >= 4 is 27.5 Å². The van der Waals surface area contributed by atoms with E-state index < -0.39 is 0 Å². The van der Waals surface area contributed by atoms with Gasteiger partial charge in [0.2, 0.25) is 0 Å². The zero-order valence-electron chi connectivity index (χ0n) is 10.3. The summed E-state index contributed by atoms with van der Waals surface area (Å²) in [6.07, 6.45) is 1.27. The summed E-state index contributed by atoms with van der Waals surface area (Å²) in [6, 6.07) is 6.23. The fraction of sp³-hybridized carbons (Fsp3) is 0.571. The van der Waals surface area contributed by atoms with Crippen LogP contribution < -0.4 is 5.32 Å². The minimum atomic E-state index is 0.662. The molecule has 0 bridgehead atoms. The van der Waals surface area contributed by atoms with E-state index in [-0.39, 0.29) is 0 Å². The highest BCUT2D eigenvalue weighted by Crippen LogP contribution is 2.49. The van der Waals surface area contributed by atoms with E-state index in [2.05, 4.69) is 47.2 Å². The van der Waals surface area contributed by atoms with E-state index in [1.165, 1.54) is 12.0 Å². The first-order valence-corrected chi connectivity index (χ1v) is 7.40. The zero-order valence-corrected chi connectivity index (χ0v) is 12.7. The molecule has 0 aliphatic heterocycles. The van der Waals surface area contributed by atoms with Crippen LogP contribution in [0.3, 0.4) is 0 Å². The Bertz CT molecular complexity index is 392. The molecular weight excluding hydrogens is 298 g/mol. The lowest BCUT2D eigenvalue weighted by Gasteiger charge is -2.07. The van der Waals surface area contributed by atoms with Gasteiger partial charge in [-0.15, -0.1) is 0 Å². The van der Waals surface area contributed by atoms with E-state index in [1.54, 1.807) is 0 Å². The Kier molecular flexibility index (Phi) is 4.51. The second kappa shape index (κ2) is 5.73. The molecule has 1 aliphatic rings. The number of halogens is 2. The van der Waals surface area contributed by atoms with Crippen molar-refractivity contribution in [1.82, 2.24) is 5.32 Å². The lowest BCUT2D eigenvalue weighted by atomic mass is 10.1. The molecule has 3 heteroatoms. The molecule has 94 valence electrons. The summed E-state index contributed by atoms with van der Waals surface area (Å²) in [5.74, 6) is 2.16. The summed E-state index contributed by atoms with van der Waals surface area (Å²) in [5.41, 5.74) is 1.31. The van der Waals surface area contributed by atoms with Crippen LogP contribution in [-0.2, 0) is 0 Å². The van der Waals surface area contributed by atoms with Crippen LogP contribution >= 0.6 is 27.5 Å². The average Bonchev–Trinajstić information content (AvgIpc) is 2.96. The van der Waals surface area contributed by atoms with Gasteiger partial charge in [0.25, 0.3) is 0 Å². The quantitative estimate of drug-likeness (QED) is 0.846.